The first kappa shape index (κ1) is 14.9. The highest BCUT2D eigenvalue weighted by Crippen LogP contribution is 2.19. The van der Waals surface area contributed by atoms with Crippen molar-refractivity contribution in [1.82, 2.24) is 5.32 Å². The van der Waals surface area contributed by atoms with Crippen LogP contribution in [0.15, 0.2) is 0 Å². The topological polar surface area (TPSA) is 21.3 Å². The van der Waals surface area contributed by atoms with Crippen molar-refractivity contribution < 1.29 is 4.74 Å². The summed E-state index contributed by atoms with van der Waals surface area (Å²) in [5, 5.41) is 3.44. The third-order valence-corrected chi connectivity index (χ3v) is 2.84. The molecule has 0 bridgehead atoms. The molecule has 0 amide bonds. The maximum absolute atomic E-state index is 6.13. The second kappa shape index (κ2) is 7.24. The number of nitrogens with one attached hydrogen (secondary N) is 1. The van der Waals surface area contributed by atoms with Crippen LogP contribution in [0.5, 0.6) is 0 Å². The van der Waals surface area contributed by atoms with Crippen LogP contribution < -0.4 is 5.32 Å². The fraction of sp³-hybridized carbons (Fsp3) is 1.00. The molecule has 92 valence electrons. The van der Waals surface area contributed by atoms with E-state index >= 15 is 0 Å². The average Bonchev–Trinajstić information content (AvgIpc) is 2.16. The minimum atomic E-state index is 0.00281. The van der Waals surface area contributed by atoms with E-state index in [2.05, 4.69) is 46.9 Å². The molecule has 0 spiro atoms. The summed E-state index contributed by atoms with van der Waals surface area (Å²) in [4.78, 5) is 0. The molecule has 1 N–H and O–H groups in total. The zero-order valence-corrected chi connectivity index (χ0v) is 11.4. The van der Waals surface area contributed by atoms with Crippen LogP contribution >= 0.6 is 0 Å². The monoisotopic (exact) mass is 215 g/mol. The molecule has 0 aliphatic heterocycles. The van der Waals surface area contributed by atoms with Crippen molar-refractivity contribution in [3.05, 3.63) is 0 Å². The van der Waals surface area contributed by atoms with Crippen LogP contribution in [0.2, 0.25) is 0 Å². The summed E-state index contributed by atoms with van der Waals surface area (Å²) in [7, 11) is 0. The van der Waals surface area contributed by atoms with E-state index in [1.54, 1.807) is 0 Å². The minimum Gasteiger partial charge on any atom is -0.371 e. The molecule has 0 fully saturated rings. The summed E-state index contributed by atoms with van der Waals surface area (Å²) in [6, 6.07) is 0. The lowest BCUT2D eigenvalue weighted by atomic mass is 10.0. The van der Waals surface area contributed by atoms with Crippen molar-refractivity contribution in [2.75, 3.05) is 13.1 Å². The quantitative estimate of drug-likeness (QED) is 0.628. The van der Waals surface area contributed by atoms with E-state index in [0.717, 1.165) is 19.5 Å². The molecule has 1 unspecified atom stereocenters. The van der Waals surface area contributed by atoms with Crippen LogP contribution in [0.4, 0.5) is 0 Å². The lowest BCUT2D eigenvalue weighted by molar-refractivity contribution is -0.0898. The first-order valence-electron chi connectivity index (χ1n) is 6.31. The molecule has 1 atom stereocenters. The first-order valence-corrected chi connectivity index (χ1v) is 6.31. The van der Waals surface area contributed by atoms with Crippen molar-refractivity contribution in [3.63, 3.8) is 0 Å². The zero-order chi connectivity index (χ0) is 11.9. The van der Waals surface area contributed by atoms with E-state index in [9.17, 15) is 0 Å². The molecule has 0 saturated carbocycles. The fourth-order valence-corrected chi connectivity index (χ4v) is 1.33. The number of rotatable bonds is 8. The summed E-state index contributed by atoms with van der Waals surface area (Å²) in [6.45, 7) is 15.2. The van der Waals surface area contributed by atoms with Gasteiger partial charge in [0.2, 0.25) is 0 Å². The SMILES string of the molecule is CCCNCC(OC(C)(C)CC)C(C)C. The van der Waals surface area contributed by atoms with E-state index in [4.69, 9.17) is 4.74 Å². The zero-order valence-electron chi connectivity index (χ0n) is 11.4. The van der Waals surface area contributed by atoms with Gasteiger partial charge in [0.1, 0.15) is 0 Å². The van der Waals surface area contributed by atoms with Gasteiger partial charge in [0, 0.05) is 6.54 Å². The Hall–Kier alpha value is -0.0800. The third-order valence-electron chi connectivity index (χ3n) is 2.84. The molecule has 0 aromatic carbocycles. The van der Waals surface area contributed by atoms with Gasteiger partial charge in [0.25, 0.3) is 0 Å². The molecule has 0 aliphatic rings. The van der Waals surface area contributed by atoms with E-state index in [1.807, 2.05) is 0 Å². The van der Waals surface area contributed by atoms with Gasteiger partial charge in [-0.3, -0.25) is 0 Å². The van der Waals surface area contributed by atoms with Gasteiger partial charge in [0.05, 0.1) is 11.7 Å². The lowest BCUT2D eigenvalue weighted by Crippen LogP contribution is -2.39. The normalized spacial score (nSPS) is 14.6. The summed E-state index contributed by atoms with van der Waals surface area (Å²) >= 11 is 0. The van der Waals surface area contributed by atoms with Crippen molar-refractivity contribution in [1.29, 1.82) is 0 Å². The van der Waals surface area contributed by atoms with Crippen LogP contribution in [0.25, 0.3) is 0 Å². The van der Waals surface area contributed by atoms with Gasteiger partial charge < -0.3 is 10.1 Å². The molecule has 0 heterocycles. The third kappa shape index (κ3) is 6.91. The Balaban J connectivity index is 4.04. The predicted molar refractivity (Wildman–Crippen MR) is 67.2 cm³/mol. The Kier molecular flexibility index (Phi) is 7.20. The molecule has 0 aliphatic carbocycles. The maximum Gasteiger partial charge on any atom is 0.0729 e. The Morgan fingerprint density at radius 2 is 1.80 bits per heavy atom. The highest BCUT2D eigenvalue weighted by molar-refractivity contribution is 4.73. The summed E-state index contributed by atoms with van der Waals surface area (Å²) in [5.74, 6) is 0.570. The van der Waals surface area contributed by atoms with Gasteiger partial charge in [-0.05, 0) is 39.2 Å². The molecule has 0 rings (SSSR count). The molecule has 2 nitrogen and oxygen atoms in total. The smallest absolute Gasteiger partial charge is 0.0729 e. The summed E-state index contributed by atoms with van der Waals surface area (Å²) in [6.07, 6.45) is 2.57. The van der Waals surface area contributed by atoms with E-state index in [1.165, 1.54) is 6.42 Å². The Morgan fingerprint density at radius 3 is 2.20 bits per heavy atom. The molecular formula is C13H29NO. The van der Waals surface area contributed by atoms with Gasteiger partial charge in [0.15, 0.2) is 0 Å². The number of hydrogen-bond donors (Lipinski definition) is 1. The van der Waals surface area contributed by atoms with Gasteiger partial charge in [-0.15, -0.1) is 0 Å². The second-order valence-corrected chi connectivity index (χ2v) is 5.22. The van der Waals surface area contributed by atoms with Gasteiger partial charge in [-0.1, -0.05) is 27.7 Å². The van der Waals surface area contributed by atoms with E-state index in [-0.39, 0.29) is 5.60 Å². The molecular weight excluding hydrogens is 186 g/mol. The van der Waals surface area contributed by atoms with Crippen molar-refractivity contribution in [2.24, 2.45) is 5.92 Å². The molecule has 2 heteroatoms. The lowest BCUT2D eigenvalue weighted by Gasteiger charge is -2.32. The van der Waals surface area contributed by atoms with Crippen LogP contribution in [-0.4, -0.2) is 24.8 Å². The van der Waals surface area contributed by atoms with Crippen LogP contribution in [0, 0.1) is 5.92 Å². The highest BCUT2D eigenvalue weighted by Gasteiger charge is 2.23. The molecule has 0 saturated heterocycles. The molecule has 0 aromatic heterocycles. The van der Waals surface area contributed by atoms with Crippen LogP contribution in [0.1, 0.15) is 54.4 Å². The number of ether oxygens (including phenoxy) is 1. The number of hydrogen-bond acceptors (Lipinski definition) is 2. The van der Waals surface area contributed by atoms with Crippen molar-refractivity contribution in [2.45, 2.75) is 66.1 Å². The maximum atomic E-state index is 6.13. The van der Waals surface area contributed by atoms with Gasteiger partial charge in [-0.2, -0.15) is 0 Å². The second-order valence-electron chi connectivity index (χ2n) is 5.22. The Morgan fingerprint density at radius 1 is 1.20 bits per heavy atom. The van der Waals surface area contributed by atoms with Crippen molar-refractivity contribution in [3.8, 4) is 0 Å². The predicted octanol–water partition coefficient (Wildman–Crippen LogP) is 3.22. The van der Waals surface area contributed by atoms with Crippen molar-refractivity contribution >= 4 is 0 Å². The standard InChI is InChI=1S/C13H29NO/c1-7-9-14-10-12(11(3)4)15-13(5,6)8-2/h11-12,14H,7-10H2,1-6H3. The van der Waals surface area contributed by atoms with Crippen LogP contribution in [-0.2, 0) is 4.74 Å². The molecule has 15 heavy (non-hydrogen) atoms. The van der Waals surface area contributed by atoms with Gasteiger partial charge in [-0.25, -0.2) is 0 Å². The first-order chi connectivity index (χ1) is 6.93. The van der Waals surface area contributed by atoms with Gasteiger partial charge >= 0.3 is 0 Å². The average molecular weight is 215 g/mol. The summed E-state index contributed by atoms with van der Waals surface area (Å²) in [5.41, 5.74) is 0.00281. The van der Waals surface area contributed by atoms with E-state index in [0.29, 0.717) is 12.0 Å². The summed E-state index contributed by atoms with van der Waals surface area (Å²) < 4.78 is 6.13. The van der Waals surface area contributed by atoms with Crippen LogP contribution in [0.3, 0.4) is 0 Å². The Bertz CT molecular complexity index is 155. The highest BCUT2D eigenvalue weighted by atomic mass is 16.5. The molecule has 0 aromatic rings. The fourth-order valence-electron chi connectivity index (χ4n) is 1.33. The Labute approximate surface area is 95.8 Å². The van der Waals surface area contributed by atoms with E-state index < -0.39 is 0 Å². The largest absolute Gasteiger partial charge is 0.371 e. The molecule has 0 radical (unpaired) electrons. The minimum absolute atomic E-state index is 0.00281.